The van der Waals surface area contributed by atoms with Crippen LogP contribution in [0, 0.1) is 0 Å². The number of benzene rings is 1. The van der Waals surface area contributed by atoms with Crippen LogP contribution in [0.5, 0.6) is 0 Å². The second-order valence-corrected chi connectivity index (χ2v) is 4.97. The van der Waals surface area contributed by atoms with Gasteiger partial charge in [0.05, 0.1) is 11.2 Å². The molecule has 0 saturated carbocycles. The highest BCUT2D eigenvalue weighted by atomic mass is 16.2. The fourth-order valence-corrected chi connectivity index (χ4v) is 2.20. The zero-order valence-corrected chi connectivity index (χ0v) is 12.1. The van der Waals surface area contributed by atoms with Crippen molar-refractivity contribution in [2.24, 2.45) is 0 Å². The molecular formula is C17H15N3O2. The zero-order chi connectivity index (χ0) is 15.5. The number of H-pyrrole nitrogens is 2. The van der Waals surface area contributed by atoms with Gasteiger partial charge in [0.2, 0.25) is 0 Å². The van der Waals surface area contributed by atoms with Crippen molar-refractivity contribution in [3.8, 4) is 0 Å². The Kier molecular flexibility index (Phi) is 3.70. The minimum atomic E-state index is -0.529. The maximum atomic E-state index is 11.7. The highest BCUT2D eigenvalue weighted by Crippen LogP contribution is 2.10. The number of nitrogens with one attached hydrogen (secondary N) is 2. The molecule has 0 radical (unpaired) electrons. The molecule has 0 bridgehead atoms. The summed E-state index contributed by atoms with van der Waals surface area (Å²) in [6, 6.07) is 11.7. The molecule has 3 aromatic rings. The Hall–Kier alpha value is -2.95. The zero-order valence-electron chi connectivity index (χ0n) is 12.1. The van der Waals surface area contributed by atoms with E-state index < -0.39 is 11.2 Å². The Morgan fingerprint density at radius 2 is 1.77 bits per heavy atom. The first kappa shape index (κ1) is 14.0. The van der Waals surface area contributed by atoms with Crippen LogP contribution in [0.25, 0.3) is 23.2 Å². The van der Waals surface area contributed by atoms with E-state index in [4.69, 9.17) is 0 Å². The third kappa shape index (κ3) is 2.88. The predicted octanol–water partition coefficient (Wildman–Crippen LogP) is 2.34. The summed E-state index contributed by atoms with van der Waals surface area (Å²) in [6.07, 6.45) is 4.79. The van der Waals surface area contributed by atoms with Crippen molar-refractivity contribution in [3.05, 3.63) is 74.1 Å². The van der Waals surface area contributed by atoms with Gasteiger partial charge in [-0.25, -0.2) is 9.78 Å². The molecule has 0 spiro atoms. The fraction of sp³-hybridized carbons (Fsp3) is 0.118. The molecule has 0 atom stereocenters. The Morgan fingerprint density at radius 1 is 1.00 bits per heavy atom. The van der Waals surface area contributed by atoms with Crippen molar-refractivity contribution in [2.45, 2.75) is 13.3 Å². The molecule has 2 N–H and O–H groups in total. The van der Waals surface area contributed by atoms with Gasteiger partial charge in [0.15, 0.2) is 5.52 Å². The van der Waals surface area contributed by atoms with Crippen molar-refractivity contribution in [3.63, 3.8) is 0 Å². The largest absolute Gasteiger partial charge is 0.326 e. The van der Waals surface area contributed by atoms with Crippen LogP contribution in [0.2, 0.25) is 0 Å². The second-order valence-electron chi connectivity index (χ2n) is 4.97. The molecule has 5 heteroatoms. The molecule has 5 nitrogen and oxygen atoms in total. The number of hydrogen-bond acceptors (Lipinski definition) is 3. The van der Waals surface area contributed by atoms with Crippen molar-refractivity contribution in [1.29, 1.82) is 0 Å². The van der Waals surface area contributed by atoms with E-state index in [-0.39, 0.29) is 5.52 Å². The van der Waals surface area contributed by atoms with Gasteiger partial charge in [-0.3, -0.25) is 9.78 Å². The molecule has 3 rings (SSSR count). The van der Waals surface area contributed by atoms with E-state index in [0.717, 1.165) is 12.0 Å². The van der Waals surface area contributed by atoms with Crippen molar-refractivity contribution >= 4 is 23.2 Å². The van der Waals surface area contributed by atoms with E-state index in [2.05, 4.69) is 34.0 Å². The number of hydrogen-bond donors (Lipinski definition) is 2. The predicted molar refractivity (Wildman–Crippen MR) is 87.7 cm³/mol. The van der Waals surface area contributed by atoms with E-state index in [1.807, 2.05) is 24.3 Å². The SMILES string of the molecule is CCc1ccc(/C=C/c2ccc3[nH]c(=O)[nH]c(=O)c3n2)cc1. The molecule has 2 aromatic heterocycles. The second kappa shape index (κ2) is 5.81. The number of pyridine rings is 1. The number of aromatic nitrogens is 3. The Bertz CT molecular complexity index is 950. The summed E-state index contributed by atoms with van der Waals surface area (Å²) in [5.74, 6) is 0. The lowest BCUT2D eigenvalue weighted by atomic mass is 10.1. The van der Waals surface area contributed by atoms with E-state index in [1.54, 1.807) is 12.1 Å². The molecule has 22 heavy (non-hydrogen) atoms. The number of aromatic amines is 2. The van der Waals surface area contributed by atoms with Gasteiger partial charge in [-0.15, -0.1) is 0 Å². The lowest BCUT2D eigenvalue weighted by Crippen LogP contribution is -2.22. The van der Waals surface area contributed by atoms with Gasteiger partial charge >= 0.3 is 5.69 Å². The number of aryl methyl sites for hydroxylation is 1. The van der Waals surface area contributed by atoms with Gasteiger partial charge in [-0.1, -0.05) is 37.3 Å². The first-order valence-corrected chi connectivity index (χ1v) is 7.06. The molecule has 0 amide bonds. The van der Waals surface area contributed by atoms with Crippen LogP contribution in [0.4, 0.5) is 0 Å². The number of nitrogens with zero attached hydrogens (tertiary/aromatic N) is 1. The maximum absolute atomic E-state index is 11.7. The van der Waals surface area contributed by atoms with Crippen molar-refractivity contribution in [2.75, 3.05) is 0 Å². The van der Waals surface area contributed by atoms with Crippen LogP contribution in [0.1, 0.15) is 23.7 Å². The summed E-state index contributed by atoms with van der Waals surface area (Å²) in [5.41, 5.74) is 2.65. The molecular weight excluding hydrogens is 278 g/mol. The van der Waals surface area contributed by atoms with E-state index >= 15 is 0 Å². The molecule has 0 aliphatic heterocycles. The molecule has 0 fully saturated rings. The van der Waals surface area contributed by atoms with Gasteiger partial charge in [0, 0.05) is 0 Å². The standard InChI is InChI=1S/C17H15N3O2/c1-2-11-3-5-12(6-4-11)7-8-13-9-10-14-15(18-13)16(21)20-17(22)19-14/h3-10H,2H2,1H3,(H2,19,20,21,22)/b8-7+. The summed E-state index contributed by atoms with van der Waals surface area (Å²) in [5, 5.41) is 0. The minimum absolute atomic E-state index is 0.225. The molecule has 0 aliphatic carbocycles. The van der Waals surface area contributed by atoms with Crippen LogP contribution in [-0.4, -0.2) is 15.0 Å². The minimum Gasteiger partial charge on any atom is -0.305 e. The van der Waals surface area contributed by atoms with E-state index in [0.29, 0.717) is 11.2 Å². The first-order chi connectivity index (χ1) is 10.7. The van der Waals surface area contributed by atoms with Crippen LogP contribution < -0.4 is 11.2 Å². The summed E-state index contributed by atoms with van der Waals surface area (Å²) in [4.78, 5) is 31.9. The molecule has 0 saturated heterocycles. The van der Waals surface area contributed by atoms with Gasteiger partial charge in [0.25, 0.3) is 5.56 Å². The third-order valence-corrected chi connectivity index (χ3v) is 3.44. The quantitative estimate of drug-likeness (QED) is 0.778. The number of fused-ring (bicyclic) bond motifs is 1. The third-order valence-electron chi connectivity index (χ3n) is 3.44. The van der Waals surface area contributed by atoms with Crippen LogP contribution in [0.15, 0.2) is 46.0 Å². The summed E-state index contributed by atoms with van der Waals surface area (Å²) < 4.78 is 0. The molecule has 2 heterocycles. The summed E-state index contributed by atoms with van der Waals surface area (Å²) >= 11 is 0. The highest BCUT2D eigenvalue weighted by Gasteiger charge is 2.02. The van der Waals surface area contributed by atoms with Gasteiger partial charge in [0.1, 0.15) is 0 Å². The van der Waals surface area contributed by atoms with Crippen molar-refractivity contribution < 1.29 is 0 Å². The van der Waals surface area contributed by atoms with E-state index in [1.165, 1.54) is 5.56 Å². The van der Waals surface area contributed by atoms with Crippen LogP contribution in [-0.2, 0) is 6.42 Å². The van der Waals surface area contributed by atoms with Crippen LogP contribution >= 0.6 is 0 Å². The van der Waals surface area contributed by atoms with Crippen molar-refractivity contribution in [1.82, 2.24) is 15.0 Å². The average molecular weight is 293 g/mol. The smallest absolute Gasteiger partial charge is 0.305 e. The topological polar surface area (TPSA) is 78.6 Å². The number of rotatable bonds is 3. The maximum Gasteiger partial charge on any atom is 0.326 e. The first-order valence-electron chi connectivity index (χ1n) is 7.06. The lowest BCUT2D eigenvalue weighted by molar-refractivity contribution is 1.07. The Morgan fingerprint density at radius 3 is 2.50 bits per heavy atom. The summed E-state index contributed by atoms with van der Waals surface area (Å²) in [7, 11) is 0. The Labute approximate surface area is 126 Å². The van der Waals surface area contributed by atoms with Gasteiger partial charge in [-0.2, -0.15) is 0 Å². The summed E-state index contributed by atoms with van der Waals surface area (Å²) in [6.45, 7) is 2.12. The van der Waals surface area contributed by atoms with Gasteiger partial charge < -0.3 is 4.98 Å². The fourth-order valence-electron chi connectivity index (χ4n) is 2.20. The van der Waals surface area contributed by atoms with E-state index in [9.17, 15) is 9.59 Å². The average Bonchev–Trinajstić information content (AvgIpc) is 2.53. The lowest BCUT2D eigenvalue weighted by Gasteiger charge is -1.99. The molecule has 1 aromatic carbocycles. The van der Waals surface area contributed by atoms with Crippen LogP contribution in [0.3, 0.4) is 0 Å². The Balaban J connectivity index is 1.94. The molecule has 110 valence electrons. The molecule has 0 unspecified atom stereocenters. The highest BCUT2D eigenvalue weighted by molar-refractivity contribution is 5.76. The van der Waals surface area contributed by atoms with Gasteiger partial charge in [-0.05, 0) is 35.8 Å². The normalized spacial score (nSPS) is 11.3. The monoisotopic (exact) mass is 293 g/mol. The molecule has 0 aliphatic rings.